The van der Waals surface area contributed by atoms with Crippen molar-refractivity contribution in [3.8, 4) is 0 Å². The van der Waals surface area contributed by atoms with Gasteiger partial charge < -0.3 is 4.98 Å². The average molecular weight is 83.1 g/mol. The molecule has 1 N–H and O–H groups in total. The van der Waals surface area contributed by atoms with Gasteiger partial charge in [0, 0.05) is 12.4 Å². The van der Waals surface area contributed by atoms with Crippen LogP contribution in [0.25, 0.3) is 0 Å². The molecule has 6 heavy (non-hydrogen) atoms. The summed E-state index contributed by atoms with van der Waals surface area (Å²) in [6.07, 6.45) is 3.75. The topological polar surface area (TPSA) is 15.8 Å². The van der Waals surface area contributed by atoms with E-state index in [4.69, 9.17) is 0 Å². The number of H-pyrrole nitrogens is 1. The molecule has 1 heterocycles. The summed E-state index contributed by atoms with van der Waals surface area (Å²) in [5, 5.41) is 0. The highest BCUT2D eigenvalue weighted by molar-refractivity contribution is 4.84. The van der Waals surface area contributed by atoms with Gasteiger partial charge in [-0.2, -0.15) is 0 Å². The highest BCUT2D eigenvalue weighted by atomic mass is 14.6. The molecule has 0 fully saturated rings. The smallest absolute Gasteiger partial charge is 0.000496 e. The van der Waals surface area contributed by atoms with Gasteiger partial charge in [-0.25, -0.2) is 0 Å². The van der Waals surface area contributed by atoms with Gasteiger partial charge >= 0.3 is 0 Å². The van der Waals surface area contributed by atoms with E-state index >= 15 is 0 Å². The zero-order chi connectivity index (χ0) is 3.54. The largest absolute Gasteiger partial charge is 0.368 e. The Morgan fingerprint density at radius 2 is 1.50 bits per heavy atom. The van der Waals surface area contributed by atoms with Crippen LogP contribution in [0.3, 0.4) is 0 Å². The van der Waals surface area contributed by atoms with Crippen LogP contribution >= 0.6 is 0 Å². The van der Waals surface area contributed by atoms with Crippen LogP contribution in [0.5, 0.6) is 0 Å². The third-order valence-electron chi connectivity index (χ3n) is 0.496. The molecular formula is C5H9N. The molecule has 0 amide bonds. The SMILES string of the molecule is C.c1cc[nH]c1. The standard InChI is InChI=1S/C4H5N.CH4/c1-2-4-5-3-1;/h1-5H;1H4. The zero-order valence-electron chi connectivity index (χ0n) is 2.81. The van der Waals surface area contributed by atoms with Gasteiger partial charge in [-0.15, -0.1) is 0 Å². The molecule has 0 aliphatic carbocycles. The summed E-state index contributed by atoms with van der Waals surface area (Å²) in [7, 11) is 0. The molecule has 0 radical (unpaired) electrons. The Bertz CT molecular complexity index is 60.4. The number of aromatic nitrogens is 1. The molecular weight excluding hydrogens is 74.1 g/mol. The summed E-state index contributed by atoms with van der Waals surface area (Å²) in [5.74, 6) is 0. The van der Waals surface area contributed by atoms with Gasteiger partial charge in [0.2, 0.25) is 0 Å². The van der Waals surface area contributed by atoms with E-state index in [0.29, 0.717) is 0 Å². The molecule has 0 aliphatic heterocycles. The Labute approximate surface area is 38.0 Å². The quantitative estimate of drug-likeness (QED) is 0.491. The molecule has 1 nitrogen and oxygen atoms in total. The van der Waals surface area contributed by atoms with E-state index < -0.39 is 0 Å². The first kappa shape index (κ1) is 5.28. The molecule has 0 aromatic carbocycles. The van der Waals surface area contributed by atoms with Gasteiger partial charge in [0.05, 0.1) is 0 Å². The van der Waals surface area contributed by atoms with Crippen LogP contribution in [-0.4, -0.2) is 4.98 Å². The minimum atomic E-state index is 0. The van der Waals surface area contributed by atoms with Gasteiger partial charge in [0.25, 0.3) is 0 Å². The fourth-order valence-electron chi connectivity index (χ4n) is 0.278. The molecule has 0 spiro atoms. The number of aromatic amines is 1. The third-order valence-corrected chi connectivity index (χ3v) is 0.496. The fourth-order valence-corrected chi connectivity index (χ4v) is 0.278. The van der Waals surface area contributed by atoms with Crippen molar-refractivity contribution < 1.29 is 0 Å². The molecule has 0 bridgehead atoms. The first-order chi connectivity index (χ1) is 2.50. The summed E-state index contributed by atoms with van der Waals surface area (Å²) in [5.41, 5.74) is 0. The Morgan fingerprint density at radius 1 is 1.00 bits per heavy atom. The van der Waals surface area contributed by atoms with E-state index in [1.54, 1.807) is 0 Å². The van der Waals surface area contributed by atoms with Gasteiger partial charge in [-0.3, -0.25) is 0 Å². The lowest BCUT2D eigenvalue weighted by molar-refractivity contribution is 1.42. The van der Waals surface area contributed by atoms with Crippen molar-refractivity contribution in [1.29, 1.82) is 0 Å². The molecule has 0 saturated heterocycles. The van der Waals surface area contributed by atoms with Gasteiger partial charge in [-0.05, 0) is 12.1 Å². The van der Waals surface area contributed by atoms with Crippen LogP contribution < -0.4 is 0 Å². The van der Waals surface area contributed by atoms with Gasteiger partial charge in [-0.1, -0.05) is 7.43 Å². The van der Waals surface area contributed by atoms with Crippen molar-refractivity contribution >= 4 is 0 Å². The molecule has 34 valence electrons. The molecule has 0 unspecified atom stereocenters. The van der Waals surface area contributed by atoms with Gasteiger partial charge in [0.1, 0.15) is 0 Å². The maximum absolute atomic E-state index is 2.86. The Morgan fingerprint density at radius 3 is 1.67 bits per heavy atom. The molecule has 0 saturated carbocycles. The van der Waals surface area contributed by atoms with Crippen molar-refractivity contribution in [3.63, 3.8) is 0 Å². The minimum Gasteiger partial charge on any atom is -0.368 e. The van der Waals surface area contributed by atoms with Crippen LogP contribution in [0, 0.1) is 0 Å². The predicted octanol–water partition coefficient (Wildman–Crippen LogP) is 1.65. The van der Waals surface area contributed by atoms with E-state index in [-0.39, 0.29) is 7.43 Å². The second kappa shape index (κ2) is 2.51. The van der Waals surface area contributed by atoms with Crippen molar-refractivity contribution in [1.82, 2.24) is 4.98 Å². The Balaban J connectivity index is 0.000000250. The lowest BCUT2D eigenvalue weighted by Crippen LogP contribution is -1.38. The number of hydrogen-bond acceptors (Lipinski definition) is 0. The highest BCUT2D eigenvalue weighted by Crippen LogP contribution is 1.72. The Kier molecular flexibility index (Phi) is 2.21. The lowest BCUT2D eigenvalue weighted by Gasteiger charge is -1.49. The van der Waals surface area contributed by atoms with Crippen LogP contribution in [0.1, 0.15) is 7.43 Å². The summed E-state index contributed by atoms with van der Waals surface area (Å²) in [4.78, 5) is 2.86. The maximum atomic E-state index is 2.86. The first-order valence-electron chi connectivity index (χ1n) is 1.58. The van der Waals surface area contributed by atoms with Crippen molar-refractivity contribution in [2.45, 2.75) is 7.43 Å². The molecule has 0 atom stereocenters. The van der Waals surface area contributed by atoms with Crippen molar-refractivity contribution in [2.75, 3.05) is 0 Å². The van der Waals surface area contributed by atoms with Crippen LogP contribution in [-0.2, 0) is 0 Å². The van der Waals surface area contributed by atoms with Crippen LogP contribution in [0.2, 0.25) is 0 Å². The first-order valence-corrected chi connectivity index (χ1v) is 1.58. The normalized spacial score (nSPS) is 6.67. The van der Waals surface area contributed by atoms with E-state index in [2.05, 4.69) is 4.98 Å². The molecule has 0 aliphatic rings. The Hall–Kier alpha value is -0.720. The van der Waals surface area contributed by atoms with E-state index in [1.165, 1.54) is 0 Å². The number of hydrogen-bond donors (Lipinski definition) is 1. The van der Waals surface area contributed by atoms with Crippen molar-refractivity contribution in [3.05, 3.63) is 24.5 Å². The van der Waals surface area contributed by atoms with Crippen molar-refractivity contribution in [2.24, 2.45) is 0 Å². The van der Waals surface area contributed by atoms with E-state index in [9.17, 15) is 0 Å². The highest BCUT2D eigenvalue weighted by Gasteiger charge is 1.55. The predicted molar refractivity (Wildman–Crippen MR) is 27.5 cm³/mol. The summed E-state index contributed by atoms with van der Waals surface area (Å²) in [6, 6.07) is 3.89. The summed E-state index contributed by atoms with van der Waals surface area (Å²) < 4.78 is 0. The zero-order valence-corrected chi connectivity index (χ0v) is 2.81. The third kappa shape index (κ3) is 0.931. The fraction of sp³-hybridized carbons (Fsp3) is 0.200. The lowest BCUT2D eigenvalue weighted by atomic mass is 10.7. The van der Waals surface area contributed by atoms with Crippen LogP contribution in [0.4, 0.5) is 0 Å². The minimum absolute atomic E-state index is 0. The maximum Gasteiger partial charge on any atom is 0.000496 e. The second-order valence-corrected chi connectivity index (χ2v) is 0.885. The van der Waals surface area contributed by atoms with E-state index in [1.807, 2.05) is 24.5 Å². The molecule has 1 aromatic rings. The van der Waals surface area contributed by atoms with E-state index in [0.717, 1.165) is 0 Å². The van der Waals surface area contributed by atoms with Crippen LogP contribution in [0.15, 0.2) is 24.5 Å². The number of rotatable bonds is 0. The molecule has 1 rings (SSSR count). The molecule has 1 heteroatoms. The second-order valence-electron chi connectivity index (χ2n) is 0.885. The van der Waals surface area contributed by atoms with Gasteiger partial charge in [0.15, 0.2) is 0 Å². The molecule has 1 aromatic heterocycles. The summed E-state index contributed by atoms with van der Waals surface area (Å²) >= 11 is 0. The monoisotopic (exact) mass is 83.1 g/mol. The summed E-state index contributed by atoms with van der Waals surface area (Å²) in [6.45, 7) is 0. The average Bonchev–Trinajstić information content (AvgIpc) is 1.76. The number of nitrogens with one attached hydrogen (secondary N) is 1.